The van der Waals surface area contributed by atoms with Crippen LogP contribution < -0.4 is 9.46 Å². The zero-order chi connectivity index (χ0) is 20.1. The molecular weight excluding hydrogens is 378 g/mol. The molecule has 0 saturated heterocycles. The minimum Gasteiger partial charge on any atom is -0.438 e. The number of carbonyl (C=O) groups is 1. The second-order valence-corrected chi connectivity index (χ2v) is 7.63. The van der Waals surface area contributed by atoms with Crippen LogP contribution in [0.15, 0.2) is 66.9 Å². The third-order valence-corrected chi connectivity index (χ3v) is 4.25. The summed E-state index contributed by atoms with van der Waals surface area (Å²) in [5.74, 6) is -0.336. The molecular formula is C20H15N3O4S. The number of ether oxygens (including phenoxy) is 1. The number of carbonyl (C=O) groups excluding carboxylic acids is 1. The molecule has 1 amide bonds. The number of nitriles is 1. The van der Waals surface area contributed by atoms with Crippen molar-refractivity contribution in [1.82, 2.24) is 9.71 Å². The molecule has 0 aliphatic carbocycles. The van der Waals surface area contributed by atoms with E-state index in [1.807, 2.05) is 47.2 Å². The van der Waals surface area contributed by atoms with E-state index >= 15 is 0 Å². The summed E-state index contributed by atoms with van der Waals surface area (Å²) in [4.78, 5) is 16.1. The van der Waals surface area contributed by atoms with Crippen LogP contribution in [0.2, 0.25) is 0 Å². The van der Waals surface area contributed by atoms with Gasteiger partial charge < -0.3 is 4.74 Å². The van der Waals surface area contributed by atoms with E-state index in [2.05, 4.69) is 4.98 Å². The van der Waals surface area contributed by atoms with Crippen LogP contribution >= 0.6 is 0 Å². The van der Waals surface area contributed by atoms with Crippen molar-refractivity contribution in [2.24, 2.45) is 0 Å². The van der Waals surface area contributed by atoms with Crippen LogP contribution in [-0.2, 0) is 10.0 Å². The molecule has 3 aromatic rings. The van der Waals surface area contributed by atoms with Crippen LogP contribution in [0.4, 0.5) is 0 Å². The molecule has 0 saturated carbocycles. The average molecular weight is 393 g/mol. The Labute approximate surface area is 162 Å². The molecule has 0 spiro atoms. The lowest BCUT2D eigenvalue weighted by molar-refractivity contribution is 0.0981. The van der Waals surface area contributed by atoms with Crippen molar-refractivity contribution in [2.75, 3.05) is 6.26 Å². The van der Waals surface area contributed by atoms with Gasteiger partial charge in [-0.05, 0) is 35.4 Å². The molecule has 0 aliphatic heterocycles. The maximum absolute atomic E-state index is 11.9. The lowest BCUT2D eigenvalue weighted by Gasteiger charge is -2.09. The summed E-state index contributed by atoms with van der Waals surface area (Å²) in [5.41, 5.74) is 1.99. The number of hydrogen-bond acceptors (Lipinski definition) is 6. The number of aromatic nitrogens is 1. The summed E-state index contributed by atoms with van der Waals surface area (Å²) >= 11 is 0. The first-order valence-corrected chi connectivity index (χ1v) is 10.0. The fraction of sp³-hybridized carbons (Fsp3) is 0.0500. The Hall–Kier alpha value is -3.70. The molecule has 0 atom stereocenters. The van der Waals surface area contributed by atoms with E-state index in [0.29, 0.717) is 0 Å². The highest BCUT2D eigenvalue weighted by Crippen LogP contribution is 2.28. The van der Waals surface area contributed by atoms with E-state index in [9.17, 15) is 18.5 Å². The molecule has 1 heterocycles. The number of sulfonamides is 1. The third kappa shape index (κ3) is 4.72. The maximum Gasteiger partial charge on any atom is 0.264 e. The molecule has 3 rings (SSSR count). The van der Waals surface area contributed by atoms with Crippen LogP contribution in [0.25, 0.3) is 11.1 Å². The van der Waals surface area contributed by atoms with Crippen LogP contribution in [0.1, 0.15) is 15.9 Å². The summed E-state index contributed by atoms with van der Waals surface area (Å²) in [7, 11) is -3.70. The summed E-state index contributed by atoms with van der Waals surface area (Å²) in [6.07, 6.45) is 2.47. The summed E-state index contributed by atoms with van der Waals surface area (Å²) in [6, 6.07) is 19.2. The monoisotopic (exact) mass is 393 g/mol. The maximum atomic E-state index is 11.9. The van der Waals surface area contributed by atoms with Crippen molar-refractivity contribution < 1.29 is 17.9 Å². The molecule has 28 heavy (non-hydrogen) atoms. The number of nitrogens with one attached hydrogen (secondary N) is 1. The van der Waals surface area contributed by atoms with Gasteiger partial charge in [-0.1, -0.05) is 30.3 Å². The van der Waals surface area contributed by atoms with E-state index in [4.69, 9.17) is 4.74 Å². The molecule has 8 heteroatoms. The van der Waals surface area contributed by atoms with Gasteiger partial charge in [0.1, 0.15) is 11.8 Å². The van der Waals surface area contributed by atoms with Gasteiger partial charge in [0.05, 0.1) is 11.8 Å². The van der Waals surface area contributed by atoms with E-state index in [0.717, 1.165) is 17.4 Å². The average Bonchev–Trinajstić information content (AvgIpc) is 2.68. The number of rotatable bonds is 5. The van der Waals surface area contributed by atoms with E-state index < -0.39 is 15.9 Å². The molecule has 0 unspecified atom stereocenters. The molecule has 7 nitrogen and oxygen atoms in total. The highest BCUT2D eigenvalue weighted by molar-refractivity contribution is 7.89. The minimum atomic E-state index is -3.70. The van der Waals surface area contributed by atoms with Gasteiger partial charge in [0, 0.05) is 17.8 Å². The normalized spacial score (nSPS) is 10.7. The van der Waals surface area contributed by atoms with Gasteiger partial charge in [0.2, 0.25) is 15.9 Å². The number of nitrogens with zero attached hydrogens (tertiary/aromatic N) is 2. The topological polar surface area (TPSA) is 109 Å². The second-order valence-electron chi connectivity index (χ2n) is 5.88. The smallest absolute Gasteiger partial charge is 0.264 e. The number of pyridine rings is 1. The van der Waals surface area contributed by atoms with Gasteiger partial charge in [-0.15, -0.1) is 0 Å². The summed E-state index contributed by atoms with van der Waals surface area (Å²) in [5, 5.41) is 9.37. The molecule has 0 radical (unpaired) electrons. The van der Waals surface area contributed by atoms with Crippen molar-refractivity contribution in [2.45, 2.75) is 0 Å². The van der Waals surface area contributed by atoms with Crippen molar-refractivity contribution in [3.63, 3.8) is 0 Å². The van der Waals surface area contributed by atoms with Crippen molar-refractivity contribution in [3.05, 3.63) is 78.0 Å². The van der Waals surface area contributed by atoms with Gasteiger partial charge in [-0.3, -0.25) is 4.79 Å². The van der Waals surface area contributed by atoms with E-state index in [1.54, 1.807) is 12.3 Å². The molecule has 0 bridgehead atoms. The lowest BCUT2D eigenvalue weighted by atomic mass is 10.1. The first kappa shape index (κ1) is 19.1. The Bertz CT molecular complexity index is 1170. The van der Waals surface area contributed by atoms with Crippen LogP contribution in [0, 0.1) is 11.3 Å². The van der Waals surface area contributed by atoms with Gasteiger partial charge in [-0.2, -0.15) is 5.26 Å². The Balaban J connectivity index is 1.87. The fourth-order valence-electron chi connectivity index (χ4n) is 2.46. The van der Waals surface area contributed by atoms with Gasteiger partial charge >= 0.3 is 0 Å². The molecule has 1 aromatic heterocycles. The number of hydrogen-bond donors (Lipinski definition) is 1. The van der Waals surface area contributed by atoms with Gasteiger partial charge in [0.25, 0.3) is 5.91 Å². The third-order valence-electron chi connectivity index (χ3n) is 3.70. The van der Waals surface area contributed by atoms with Crippen molar-refractivity contribution in [1.29, 1.82) is 5.26 Å². The number of amides is 1. The van der Waals surface area contributed by atoms with Crippen molar-refractivity contribution in [3.8, 4) is 28.8 Å². The highest BCUT2D eigenvalue weighted by atomic mass is 32.2. The molecule has 140 valence electrons. The Morgan fingerprint density at radius 1 is 1.07 bits per heavy atom. The molecule has 2 aromatic carbocycles. The van der Waals surface area contributed by atoms with Crippen LogP contribution in [0.3, 0.4) is 0 Å². The fourth-order valence-corrected chi connectivity index (χ4v) is 2.92. The lowest BCUT2D eigenvalue weighted by Crippen LogP contribution is -2.29. The summed E-state index contributed by atoms with van der Waals surface area (Å²) < 4.78 is 30.0. The minimum absolute atomic E-state index is 0.0281. The largest absolute Gasteiger partial charge is 0.438 e. The molecule has 0 fully saturated rings. The quantitative estimate of drug-likeness (QED) is 0.713. The predicted molar refractivity (Wildman–Crippen MR) is 103 cm³/mol. The van der Waals surface area contributed by atoms with Gasteiger partial charge in [0.15, 0.2) is 0 Å². The Kier molecular flexibility index (Phi) is 5.38. The highest BCUT2D eigenvalue weighted by Gasteiger charge is 2.15. The first-order valence-electron chi connectivity index (χ1n) is 8.11. The summed E-state index contributed by atoms with van der Waals surface area (Å²) in [6.45, 7) is 0. The predicted octanol–water partition coefficient (Wildman–Crippen LogP) is 3.10. The Morgan fingerprint density at radius 2 is 1.82 bits per heavy atom. The second kappa shape index (κ2) is 7.90. The zero-order valence-electron chi connectivity index (χ0n) is 14.8. The Morgan fingerprint density at radius 3 is 2.50 bits per heavy atom. The van der Waals surface area contributed by atoms with Crippen LogP contribution in [-0.4, -0.2) is 25.6 Å². The van der Waals surface area contributed by atoms with E-state index in [1.165, 1.54) is 18.2 Å². The standard InChI is InChI=1S/C20H15N3O4S/c1-28(25,26)23-20(24)16-7-8-18(17(11-16)13-21)27-19-12-15(9-10-22-19)14-5-3-2-4-6-14/h2-12H,1H3,(H,23,24). The number of benzene rings is 2. The van der Waals surface area contributed by atoms with Crippen LogP contribution in [0.5, 0.6) is 11.6 Å². The molecule has 0 aliphatic rings. The molecule has 1 N–H and O–H groups in total. The zero-order valence-corrected chi connectivity index (χ0v) is 15.6. The van der Waals surface area contributed by atoms with Gasteiger partial charge in [-0.25, -0.2) is 18.1 Å². The SMILES string of the molecule is CS(=O)(=O)NC(=O)c1ccc(Oc2cc(-c3ccccc3)ccn2)c(C#N)c1. The van der Waals surface area contributed by atoms with Crippen molar-refractivity contribution >= 4 is 15.9 Å². The van der Waals surface area contributed by atoms with E-state index in [-0.39, 0.29) is 22.8 Å². The first-order chi connectivity index (χ1) is 13.4.